The molecule has 1 rings (SSSR count). The van der Waals surface area contributed by atoms with Crippen molar-refractivity contribution in [3.63, 3.8) is 0 Å². The minimum atomic E-state index is 0.122. The molecule has 0 bridgehead atoms. The van der Waals surface area contributed by atoms with Crippen LogP contribution in [0.25, 0.3) is 0 Å². The van der Waals surface area contributed by atoms with Gasteiger partial charge in [-0.25, -0.2) is 0 Å². The van der Waals surface area contributed by atoms with Crippen molar-refractivity contribution >= 4 is 23.2 Å². The second kappa shape index (κ2) is 8.96. The van der Waals surface area contributed by atoms with Crippen molar-refractivity contribution in [2.45, 2.75) is 19.9 Å². The first-order valence-corrected chi connectivity index (χ1v) is 8.14. The predicted octanol–water partition coefficient (Wildman–Crippen LogP) is 3.51. The third kappa shape index (κ3) is 6.13. The van der Waals surface area contributed by atoms with E-state index in [1.54, 1.807) is 6.07 Å². The lowest BCUT2D eigenvalue weighted by Crippen LogP contribution is -2.40. The van der Waals surface area contributed by atoms with E-state index in [4.69, 9.17) is 28.9 Å². The van der Waals surface area contributed by atoms with Crippen LogP contribution in [0.4, 0.5) is 0 Å². The normalized spacial score (nSPS) is 13.4. The lowest BCUT2D eigenvalue weighted by atomic mass is 10.0. The van der Waals surface area contributed by atoms with Gasteiger partial charge in [-0.05, 0) is 37.7 Å². The van der Waals surface area contributed by atoms with E-state index < -0.39 is 0 Å². The largest absolute Gasteiger partial charge is 0.329 e. The van der Waals surface area contributed by atoms with Crippen molar-refractivity contribution in [2.24, 2.45) is 11.7 Å². The molecule has 0 aliphatic carbocycles. The standard InChI is InChI=1S/C16H27Cl2N3/c1-12(2)11-21(8-7-20(3)4)16(10-19)14-6-5-13(17)9-15(14)18/h5-6,9,12,16H,7-8,10-11,19H2,1-4H3. The van der Waals surface area contributed by atoms with Crippen LogP contribution in [-0.2, 0) is 0 Å². The molecular weight excluding hydrogens is 305 g/mol. The average molecular weight is 332 g/mol. The summed E-state index contributed by atoms with van der Waals surface area (Å²) in [5.74, 6) is 0.576. The molecule has 1 aromatic carbocycles. The van der Waals surface area contributed by atoms with Gasteiger partial charge in [0.2, 0.25) is 0 Å². The van der Waals surface area contributed by atoms with Gasteiger partial charge in [-0.2, -0.15) is 0 Å². The molecule has 3 nitrogen and oxygen atoms in total. The highest BCUT2D eigenvalue weighted by molar-refractivity contribution is 6.35. The maximum absolute atomic E-state index is 6.37. The number of likely N-dealkylation sites (N-methyl/N-ethyl adjacent to an activating group) is 1. The number of halogens is 2. The Kier molecular flexibility index (Phi) is 7.99. The summed E-state index contributed by atoms with van der Waals surface area (Å²) in [7, 11) is 4.17. The molecule has 0 heterocycles. The van der Waals surface area contributed by atoms with Gasteiger partial charge in [-0.3, -0.25) is 4.90 Å². The highest BCUT2D eigenvalue weighted by atomic mass is 35.5. The van der Waals surface area contributed by atoms with Gasteiger partial charge in [0.05, 0.1) is 0 Å². The van der Waals surface area contributed by atoms with Crippen molar-refractivity contribution in [3.8, 4) is 0 Å². The SMILES string of the molecule is CC(C)CN(CCN(C)C)C(CN)c1ccc(Cl)cc1Cl. The average Bonchev–Trinajstić information content (AvgIpc) is 2.38. The van der Waals surface area contributed by atoms with Gasteiger partial charge in [0.25, 0.3) is 0 Å². The van der Waals surface area contributed by atoms with Crippen LogP contribution in [0.2, 0.25) is 10.0 Å². The van der Waals surface area contributed by atoms with Crippen molar-refractivity contribution in [3.05, 3.63) is 33.8 Å². The molecule has 0 saturated heterocycles. The Labute approximate surface area is 139 Å². The van der Waals surface area contributed by atoms with Gasteiger partial charge in [0, 0.05) is 42.3 Å². The summed E-state index contributed by atoms with van der Waals surface area (Å²) in [6, 6.07) is 5.79. The number of hydrogen-bond donors (Lipinski definition) is 1. The topological polar surface area (TPSA) is 32.5 Å². The highest BCUT2D eigenvalue weighted by Crippen LogP contribution is 2.29. The summed E-state index contributed by atoms with van der Waals surface area (Å²) >= 11 is 12.4. The summed E-state index contributed by atoms with van der Waals surface area (Å²) in [5.41, 5.74) is 7.11. The number of rotatable bonds is 8. The van der Waals surface area contributed by atoms with Gasteiger partial charge < -0.3 is 10.6 Å². The van der Waals surface area contributed by atoms with Gasteiger partial charge in [-0.1, -0.05) is 43.1 Å². The molecule has 0 amide bonds. The van der Waals surface area contributed by atoms with E-state index in [1.165, 1.54) is 0 Å². The molecular formula is C16H27Cl2N3. The molecule has 120 valence electrons. The monoisotopic (exact) mass is 331 g/mol. The summed E-state index contributed by atoms with van der Waals surface area (Å²) < 4.78 is 0. The summed E-state index contributed by atoms with van der Waals surface area (Å²) in [5, 5.41) is 1.35. The zero-order valence-corrected chi connectivity index (χ0v) is 15.0. The molecule has 2 N–H and O–H groups in total. The van der Waals surface area contributed by atoms with Crippen LogP contribution in [0.15, 0.2) is 18.2 Å². The number of nitrogens with zero attached hydrogens (tertiary/aromatic N) is 2. The number of nitrogens with two attached hydrogens (primary N) is 1. The van der Waals surface area contributed by atoms with Crippen LogP contribution in [0, 0.1) is 5.92 Å². The van der Waals surface area contributed by atoms with E-state index in [0.29, 0.717) is 22.5 Å². The smallest absolute Gasteiger partial charge is 0.0485 e. The Morgan fingerprint density at radius 2 is 1.81 bits per heavy atom. The Morgan fingerprint density at radius 1 is 1.14 bits per heavy atom. The van der Waals surface area contributed by atoms with E-state index in [2.05, 4.69) is 37.7 Å². The van der Waals surface area contributed by atoms with Gasteiger partial charge >= 0.3 is 0 Å². The maximum atomic E-state index is 6.37. The number of hydrogen-bond acceptors (Lipinski definition) is 3. The minimum absolute atomic E-state index is 0.122. The van der Waals surface area contributed by atoms with Crippen LogP contribution in [0.5, 0.6) is 0 Å². The highest BCUT2D eigenvalue weighted by Gasteiger charge is 2.22. The fourth-order valence-corrected chi connectivity index (χ4v) is 2.95. The van der Waals surface area contributed by atoms with Crippen LogP contribution in [-0.4, -0.2) is 50.1 Å². The second-order valence-corrected chi connectivity index (χ2v) is 6.95. The molecule has 0 fully saturated rings. The summed E-state index contributed by atoms with van der Waals surface area (Å²) in [6.07, 6.45) is 0. The summed E-state index contributed by atoms with van der Waals surface area (Å²) in [6.45, 7) is 7.94. The molecule has 1 unspecified atom stereocenters. The Bertz CT molecular complexity index is 436. The third-order valence-corrected chi connectivity index (χ3v) is 3.98. The second-order valence-electron chi connectivity index (χ2n) is 6.11. The van der Waals surface area contributed by atoms with E-state index in [0.717, 1.165) is 25.2 Å². The fraction of sp³-hybridized carbons (Fsp3) is 0.625. The summed E-state index contributed by atoms with van der Waals surface area (Å²) in [4.78, 5) is 4.60. The molecule has 1 aromatic rings. The zero-order chi connectivity index (χ0) is 16.0. The maximum Gasteiger partial charge on any atom is 0.0485 e. The van der Waals surface area contributed by atoms with E-state index >= 15 is 0 Å². The first-order valence-electron chi connectivity index (χ1n) is 7.39. The molecule has 0 saturated carbocycles. The first kappa shape index (κ1) is 18.7. The Morgan fingerprint density at radius 3 is 2.29 bits per heavy atom. The molecule has 0 aliphatic heterocycles. The lowest BCUT2D eigenvalue weighted by Gasteiger charge is -2.34. The molecule has 0 aromatic heterocycles. The molecule has 0 aliphatic rings. The van der Waals surface area contributed by atoms with E-state index in [1.807, 2.05) is 12.1 Å². The van der Waals surface area contributed by atoms with E-state index in [-0.39, 0.29) is 6.04 Å². The third-order valence-electron chi connectivity index (χ3n) is 3.42. The van der Waals surface area contributed by atoms with Gasteiger partial charge in [0.1, 0.15) is 0 Å². The Hall–Kier alpha value is -0.320. The van der Waals surface area contributed by atoms with Crippen LogP contribution >= 0.6 is 23.2 Å². The molecule has 21 heavy (non-hydrogen) atoms. The van der Waals surface area contributed by atoms with E-state index in [9.17, 15) is 0 Å². The Balaban J connectivity index is 2.98. The van der Waals surface area contributed by atoms with Crippen LogP contribution in [0.3, 0.4) is 0 Å². The molecule has 1 atom stereocenters. The van der Waals surface area contributed by atoms with Gasteiger partial charge in [-0.15, -0.1) is 0 Å². The molecule has 0 radical (unpaired) electrons. The first-order chi connectivity index (χ1) is 9.85. The minimum Gasteiger partial charge on any atom is -0.329 e. The van der Waals surface area contributed by atoms with Crippen LogP contribution < -0.4 is 5.73 Å². The quantitative estimate of drug-likeness (QED) is 0.791. The predicted molar refractivity (Wildman–Crippen MR) is 93.2 cm³/mol. The molecule has 0 spiro atoms. The van der Waals surface area contributed by atoms with Crippen molar-refractivity contribution in [1.82, 2.24) is 9.80 Å². The fourth-order valence-electron chi connectivity index (χ4n) is 2.42. The van der Waals surface area contributed by atoms with Crippen molar-refractivity contribution in [2.75, 3.05) is 40.3 Å². The zero-order valence-electron chi connectivity index (χ0n) is 13.4. The lowest BCUT2D eigenvalue weighted by molar-refractivity contribution is 0.164. The molecule has 5 heteroatoms. The van der Waals surface area contributed by atoms with Crippen molar-refractivity contribution < 1.29 is 0 Å². The van der Waals surface area contributed by atoms with Gasteiger partial charge in [0.15, 0.2) is 0 Å². The van der Waals surface area contributed by atoms with Crippen LogP contribution in [0.1, 0.15) is 25.5 Å². The van der Waals surface area contributed by atoms with Crippen molar-refractivity contribution in [1.29, 1.82) is 0 Å². The number of benzene rings is 1.